The molecule has 0 aliphatic carbocycles. The van der Waals surface area contributed by atoms with Crippen molar-refractivity contribution in [3.63, 3.8) is 0 Å². The van der Waals surface area contributed by atoms with E-state index in [1.807, 2.05) is 30.5 Å². The summed E-state index contributed by atoms with van der Waals surface area (Å²) in [5.41, 5.74) is 3.60. The summed E-state index contributed by atoms with van der Waals surface area (Å²) in [4.78, 5) is 36.1. The number of carboxylic acids is 2. The van der Waals surface area contributed by atoms with Gasteiger partial charge < -0.3 is 19.9 Å². The standard InChI is InChI=1S/C18H19N5O2.C2H2O4/c24-23(25)15-5-3-4-14(12-15)18-16(13-21-10-7-19-8-11-21)22-9-2-1-6-17(22)20-18;3-1(4)2(5)6/h1-6,9,12,19H,7-8,10-11,13H2;(H,3,4)(H,5,6). The Kier molecular flexibility index (Phi) is 6.90. The fourth-order valence-electron chi connectivity index (χ4n) is 3.28. The molecule has 1 fully saturated rings. The minimum Gasteiger partial charge on any atom is -0.473 e. The van der Waals surface area contributed by atoms with E-state index in [4.69, 9.17) is 24.8 Å². The predicted octanol–water partition coefficient (Wildman–Crippen LogP) is 1.47. The van der Waals surface area contributed by atoms with Gasteiger partial charge in [-0.15, -0.1) is 0 Å². The largest absolute Gasteiger partial charge is 0.473 e. The van der Waals surface area contributed by atoms with Gasteiger partial charge in [0, 0.05) is 56.6 Å². The summed E-state index contributed by atoms with van der Waals surface area (Å²) >= 11 is 0. The average molecular weight is 427 g/mol. The summed E-state index contributed by atoms with van der Waals surface area (Å²) in [6.45, 7) is 4.68. The van der Waals surface area contributed by atoms with Crippen molar-refractivity contribution in [2.45, 2.75) is 6.54 Å². The Morgan fingerprint density at radius 2 is 1.81 bits per heavy atom. The van der Waals surface area contributed by atoms with Gasteiger partial charge in [0.2, 0.25) is 0 Å². The van der Waals surface area contributed by atoms with Gasteiger partial charge in [-0.25, -0.2) is 14.6 Å². The Morgan fingerprint density at radius 3 is 2.45 bits per heavy atom. The highest BCUT2D eigenvalue weighted by Crippen LogP contribution is 2.28. The maximum Gasteiger partial charge on any atom is 0.414 e. The van der Waals surface area contributed by atoms with E-state index < -0.39 is 11.9 Å². The van der Waals surface area contributed by atoms with Gasteiger partial charge in [-0.3, -0.25) is 15.0 Å². The number of hydrogen-bond acceptors (Lipinski definition) is 7. The first-order valence-electron chi connectivity index (χ1n) is 9.47. The highest BCUT2D eigenvalue weighted by atomic mass is 16.6. The van der Waals surface area contributed by atoms with Crippen LogP contribution in [0, 0.1) is 10.1 Å². The second-order valence-corrected chi connectivity index (χ2v) is 6.78. The lowest BCUT2D eigenvalue weighted by Crippen LogP contribution is -2.43. The third-order valence-electron chi connectivity index (χ3n) is 4.73. The van der Waals surface area contributed by atoms with Crippen molar-refractivity contribution in [3.05, 3.63) is 64.5 Å². The predicted molar refractivity (Wildman–Crippen MR) is 111 cm³/mol. The van der Waals surface area contributed by atoms with Crippen LogP contribution in [0.2, 0.25) is 0 Å². The Labute approximate surface area is 176 Å². The highest BCUT2D eigenvalue weighted by molar-refractivity contribution is 6.27. The SMILES string of the molecule is O=C(O)C(=O)O.O=[N+]([O-])c1cccc(-c2nc3ccccn3c2CN2CCNCC2)c1. The fraction of sp³-hybridized carbons (Fsp3) is 0.250. The number of carboxylic acid groups (broad SMARTS) is 2. The van der Waals surface area contributed by atoms with E-state index in [-0.39, 0.29) is 10.6 Å². The first-order valence-corrected chi connectivity index (χ1v) is 9.47. The van der Waals surface area contributed by atoms with Crippen molar-refractivity contribution >= 4 is 23.3 Å². The number of fused-ring (bicyclic) bond motifs is 1. The van der Waals surface area contributed by atoms with Gasteiger partial charge in [-0.05, 0) is 12.1 Å². The number of non-ortho nitro benzene ring substituents is 1. The maximum absolute atomic E-state index is 11.1. The summed E-state index contributed by atoms with van der Waals surface area (Å²) in [6.07, 6.45) is 2.00. The molecule has 1 saturated heterocycles. The van der Waals surface area contributed by atoms with Crippen LogP contribution in [0.1, 0.15) is 5.69 Å². The Hall–Kier alpha value is -3.83. The van der Waals surface area contributed by atoms with Crippen molar-refractivity contribution < 1.29 is 24.7 Å². The summed E-state index contributed by atoms with van der Waals surface area (Å²) < 4.78 is 2.08. The smallest absolute Gasteiger partial charge is 0.414 e. The van der Waals surface area contributed by atoms with Crippen LogP contribution in [0.25, 0.3) is 16.9 Å². The topological polar surface area (TPSA) is 150 Å². The number of carbonyl (C=O) groups is 2. The van der Waals surface area contributed by atoms with Crippen LogP contribution in [0.4, 0.5) is 5.69 Å². The molecule has 4 rings (SSSR count). The Morgan fingerprint density at radius 1 is 1.10 bits per heavy atom. The molecule has 2 aromatic heterocycles. The molecule has 0 saturated carbocycles. The number of piperazine rings is 1. The molecular formula is C20H21N5O6. The van der Waals surface area contributed by atoms with Gasteiger partial charge in [0.15, 0.2) is 0 Å². The van der Waals surface area contributed by atoms with Gasteiger partial charge in [-0.2, -0.15) is 0 Å². The third-order valence-corrected chi connectivity index (χ3v) is 4.73. The van der Waals surface area contributed by atoms with Crippen molar-refractivity contribution in [1.29, 1.82) is 0 Å². The first kappa shape index (κ1) is 21.9. The molecule has 31 heavy (non-hydrogen) atoms. The number of aliphatic carboxylic acids is 2. The van der Waals surface area contributed by atoms with Crippen molar-refractivity contribution in [2.24, 2.45) is 0 Å². The second-order valence-electron chi connectivity index (χ2n) is 6.78. The number of imidazole rings is 1. The summed E-state index contributed by atoms with van der Waals surface area (Å²) in [6, 6.07) is 12.6. The zero-order chi connectivity index (χ0) is 22.4. The average Bonchev–Trinajstić information content (AvgIpc) is 3.13. The van der Waals surface area contributed by atoms with E-state index in [1.54, 1.807) is 12.1 Å². The van der Waals surface area contributed by atoms with Gasteiger partial charge in [-0.1, -0.05) is 18.2 Å². The summed E-state index contributed by atoms with van der Waals surface area (Å²) in [7, 11) is 0. The number of rotatable bonds is 4. The number of pyridine rings is 1. The number of aromatic nitrogens is 2. The Balaban J connectivity index is 0.000000401. The van der Waals surface area contributed by atoms with E-state index >= 15 is 0 Å². The van der Waals surface area contributed by atoms with Crippen molar-refractivity contribution in [2.75, 3.05) is 26.2 Å². The van der Waals surface area contributed by atoms with E-state index in [0.29, 0.717) is 0 Å². The molecule has 162 valence electrons. The molecule has 0 spiro atoms. The lowest BCUT2D eigenvalue weighted by Gasteiger charge is -2.27. The van der Waals surface area contributed by atoms with Crippen molar-refractivity contribution in [1.82, 2.24) is 19.6 Å². The van der Waals surface area contributed by atoms with Crippen LogP contribution in [-0.4, -0.2) is 67.5 Å². The van der Waals surface area contributed by atoms with Crippen LogP contribution >= 0.6 is 0 Å². The highest BCUT2D eigenvalue weighted by Gasteiger charge is 2.19. The number of hydrogen-bond donors (Lipinski definition) is 3. The molecule has 1 aromatic carbocycles. The minimum absolute atomic E-state index is 0.0858. The van der Waals surface area contributed by atoms with E-state index in [0.717, 1.165) is 55.3 Å². The van der Waals surface area contributed by atoms with Gasteiger partial charge in [0.25, 0.3) is 5.69 Å². The van der Waals surface area contributed by atoms with Crippen molar-refractivity contribution in [3.8, 4) is 11.3 Å². The zero-order valence-electron chi connectivity index (χ0n) is 16.5. The lowest BCUT2D eigenvalue weighted by atomic mass is 10.1. The molecule has 3 N–H and O–H groups in total. The quantitative estimate of drug-likeness (QED) is 0.319. The molecule has 1 aliphatic heterocycles. The normalized spacial score (nSPS) is 13.9. The number of nitro benzene ring substituents is 1. The third kappa shape index (κ3) is 5.41. The van der Waals surface area contributed by atoms with E-state index in [9.17, 15) is 10.1 Å². The van der Waals surface area contributed by atoms with Gasteiger partial charge in [0.1, 0.15) is 5.65 Å². The summed E-state index contributed by atoms with van der Waals surface area (Å²) in [5.74, 6) is -3.65. The first-order chi connectivity index (χ1) is 14.9. The molecule has 11 heteroatoms. The van der Waals surface area contributed by atoms with Crippen LogP contribution < -0.4 is 5.32 Å². The van der Waals surface area contributed by atoms with Crippen LogP contribution in [0.3, 0.4) is 0 Å². The molecule has 0 atom stereocenters. The van der Waals surface area contributed by atoms with Gasteiger partial charge >= 0.3 is 11.9 Å². The molecule has 0 unspecified atom stereocenters. The molecule has 11 nitrogen and oxygen atoms in total. The number of nitrogens with zero attached hydrogens (tertiary/aromatic N) is 4. The van der Waals surface area contributed by atoms with Crippen LogP contribution in [-0.2, 0) is 16.1 Å². The van der Waals surface area contributed by atoms with Crippen LogP contribution in [0.5, 0.6) is 0 Å². The molecule has 1 aliphatic rings. The lowest BCUT2D eigenvalue weighted by molar-refractivity contribution is -0.384. The fourth-order valence-corrected chi connectivity index (χ4v) is 3.28. The number of benzene rings is 1. The van der Waals surface area contributed by atoms with Crippen LogP contribution in [0.15, 0.2) is 48.7 Å². The Bertz CT molecular complexity index is 1090. The monoisotopic (exact) mass is 427 g/mol. The second kappa shape index (κ2) is 9.78. The molecule has 3 heterocycles. The van der Waals surface area contributed by atoms with Gasteiger partial charge in [0.05, 0.1) is 16.3 Å². The number of nitro groups is 1. The zero-order valence-corrected chi connectivity index (χ0v) is 16.5. The summed E-state index contributed by atoms with van der Waals surface area (Å²) in [5, 5.41) is 29.3. The molecular weight excluding hydrogens is 406 g/mol. The van der Waals surface area contributed by atoms with E-state index in [2.05, 4.69) is 14.6 Å². The molecule has 0 amide bonds. The molecule has 3 aromatic rings. The molecule has 0 bridgehead atoms. The minimum atomic E-state index is -1.82. The molecule has 0 radical (unpaired) electrons. The number of nitrogens with one attached hydrogen (secondary N) is 1. The maximum atomic E-state index is 11.1. The van der Waals surface area contributed by atoms with E-state index in [1.165, 1.54) is 6.07 Å².